The first-order valence-electron chi connectivity index (χ1n) is 5.41. The SMILES string of the molecule is CC(C)(C)OC(=O)C(=O)[C@@H]1CCCCN1. The Kier molecular flexibility index (Phi) is 3.85. The lowest BCUT2D eigenvalue weighted by Crippen LogP contribution is -2.45. The van der Waals surface area contributed by atoms with Crippen molar-refractivity contribution in [2.24, 2.45) is 0 Å². The van der Waals surface area contributed by atoms with Crippen molar-refractivity contribution in [1.82, 2.24) is 5.32 Å². The van der Waals surface area contributed by atoms with E-state index in [2.05, 4.69) is 5.32 Å². The fourth-order valence-corrected chi connectivity index (χ4v) is 1.55. The minimum absolute atomic E-state index is 0.339. The Morgan fingerprint density at radius 1 is 1.27 bits per heavy atom. The molecule has 4 heteroatoms. The highest BCUT2D eigenvalue weighted by molar-refractivity contribution is 6.35. The highest BCUT2D eigenvalue weighted by atomic mass is 16.6. The van der Waals surface area contributed by atoms with Crippen molar-refractivity contribution in [2.75, 3.05) is 6.54 Å². The van der Waals surface area contributed by atoms with Gasteiger partial charge in [0.15, 0.2) is 0 Å². The highest BCUT2D eigenvalue weighted by Crippen LogP contribution is 2.12. The van der Waals surface area contributed by atoms with Gasteiger partial charge in [-0.3, -0.25) is 4.79 Å². The molecule has 15 heavy (non-hydrogen) atoms. The fourth-order valence-electron chi connectivity index (χ4n) is 1.55. The van der Waals surface area contributed by atoms with Crippen molar-refractivity contribution in [3.05, 3.63) is 0 Å². The Bertz CT molecular complexity index is 249. The molecule has 0 spiro atoms. The number of hydrogen-bond acceptors (Lipinski definition) is 4. The summed E-state index contributed by atoms with van der Waals surface area (Å²) in [6, 6.07) is -0.339. The second kappa shape index (κ2) is 4.75. The van der Waals surface area contributed by atoms with Gasteiger partial charge >= 0.3 is 5.97 Å². The van der Waals surface area contributed by atoms with Crippen molar-refractivity contribution < 1.29 is 14.3 Å². The Hall–Kier alpha value is -0.900. The maximum atomic E-state index is 11.6. The molecule has 0 saturated carbocycles. The first-order chi connectivity index (χ1) is 6.90. The zero-order chi connectivity index (χ0) is 11.5. The monoisotopic (exact) mass is 213 g/mol. The molecule has 86 valence electrons. The van der Waals surface area contributed by atoms with Crippen LogP contribution in [0.2, 0.25) is 0 Å². The Balaban J connectivity index is 2.48. The third kappa shape index (κ3) is 4.00. The highest BCUT2D eigenvalue weighted by Gasteiger charge is 2.30. The van der Waals surface area contributed by atoms with E-state index in [-0.39, 0.29) is 6.04 Å². The normalized spacial score (nSPS) is 22.2. The zero-order valence-electron chi connectivity index (χ0n) is 9.63. The van der Waals surface area contributed by atoms with Gasteiger partial charge in [-0.15, -0.1) is 0 Å². The molecule has 0 radical (unpaired) electrons. The number of hydrogen-bond donors (Lipinski definition) is 1. The largest absolute Gasteiger partial charge is 0.454 e. The number of Topliss-reactive ketones (excluding diaryl/α,β-unsaturated/α-hetero) is 1. The maximum absolute atomic E-state index is 11.6. The van der Waals surface area contributed by atoms with Gasteiger partial charge in [0.25, 0.3) is 5.78 Å². The van der Waals surface area contributed by atoms with Gasteiger partial charge in [0.05, 0.1) is 6.04 Å². The molecule has 1 aliphatic heterocycles. The molecular weight excluding hydrogens is 194 g/mol. The predicted molar refractivity (Wildman–Crippen MR) is 56.5 cm³/mol. The summed E-state index contributed by atoms with van der Waals surface area (Å²) in [6.07, 6.45) is 2.79. The second-order valence-corrected chi connectivity index (χ2v) is 4.87. The molecule has 1 saturated heterocycles. The van der Waals surface area contributed by atoms with Crippen LogP contribution in [0.1, 0.15) is 40.0 Å². The van der Waals surface area contributed by atoms with Gasteiger partial charge in [-0.1, -0.05) is 6.42 Å². The number of nitrogens with one attached hydrogen (secondary N) is 1. The molecule has 1 N–H and O–H groups in total. The van der Waals surface area contributed by atoms with E-state index in [9.17, 15) is 9.59 Å². The molecular formula is C11H19NO3. The van der Waals surface area contributed by atoms with Crippen LogP contribution < -0.4 is 5.32 Å². The summed E-state index contributed by atoms with van der Waals surface area (Å²) >= 11 is 0. The molecule has 1 rings (SSSR count). The lowest BCUT2D eigenvalue weighted by molar-refractivity contribution is -0.163. The van der Waals surface area contributed by atoms with Crippen LogP contribution in [0.4, 0.5) is 0 Å². The van der Waals surface area contributed by atoms with E-state index in [0.29, 0.717) is 0 Å². The molecule has 0 unspecified atom stereocenters. The molecule has 1 aliphatic rings. The average molecular weight is 213 g/mol. The van der Waals surface area contributed by atoms with Crippen LogP contribution in [0.25, 0.3) is 0 Å². The lowest BCUT2D eigenvalue weighted by atomic mass is 10.0. The molecule has 0 aromatic rings. The number of rotatable bonds is 2. The minimum atomic E-state index is -0.720. The molecule has 4 nitrogen and oxygen atoms in total. The van der Waals surface area contributed by atoms with Crippen LogP contribution in [0, 0.1) is 0 Å². The number of carbonyl (C=O) groups excluding carboxylic acids is 2. The van der Waals surface area contributed by atoms with Crippen LogP contribution in [0.5, 0.6) is 0 Å². The number of ether oxygens (including phenoxy) is 1. The first-order valence-corrected chi connectivity index (χ1v) is 5.41. The van der Waals surface area contributed by atoms with E-state index in [1.54, 1.807) is 20.8 Å². The molecule has 1 heterocycles. The molecule has 1 atom stereocenters. The van der Waals surface area contributed by atoms with Gasteiger partial charge in [-0.25, -0.2) is 4.79 Å². The third-order valence-electron chi connectivity index (χ3n) is 2.23. The number of carbonyl (C=O) groups is 2. The molecule has 0 aromatic heterocycles. The van der Waals surface area contributed by atoms with E-state index in [4.69, 9.17) is 4.74 Å². The molecule has 0 amide bonds. The van der Waals surface area contributed by atoms with Gasteiger partial charge in [-0.05, 0) is 40.2 Å². The summed E-state index contributed by atoms with van der Waals surface area (Å²) in [5.74, 6) is -1.16. The van der Waals surface area contributed by atoms with Gasteiger partial charge in [0.1, 0.15) is 5.60 Å². The first kappa shape index (κ1) is 12.2. The summed E-state index contributed by atoms with van der Waals surface area (Å²) in [7, 11) is 0. The summed E-state index contributed by atoms with van der Waals surface area (Å²) in [5, 5.41) is 3.04. The molecule has 0 aliphatic carbocycles. The van der Waals surface area contributed by atoms with Crippen LogP contribution in [-0.4, -0.2) is 29.9 Å². The Morgan fingerprint density at radius 3 is 2.40 bits per heavy atom. The van der Waals surface area contributed by atoms with Crippen molar-refractivity contribution >= 4 is 11.8 Å². The summed E-state index contributed by atoms with van der Waals surface area (Å²) in [4.78, 5) is 23.1. The number of ketones is 1. The number of esters is 1. The standard InChI is InChI=1S/C11H19NO3/c1-11(2,3)15-10(14)9(13)8-6-4-5-7-12-8/h8,12H,4-7H2,1-3H3/t8-/m0/s1. The zero-order valence-corrected chi connectivity index (χ0v) is 9.63. The number of piperidine rings is 1. The molecule has 0 bridgehead atoms. The van der Waals surface area contributed by atoms with Crippen LogP contribution in [-0.2, 0) is 14.3 Å². The van der Waals surface area contributed by atoms with E-state index >= 15 is 0 Å². The van der Waals surface area contributed by atoms with Crippen molar-refractivity contribution in [2.45, 2.75) is 51.7 Å². The van der Waals surface area contributed by atoms with Crippen LogP contribution in [0.3, 0.4) is 0 Å². The maximum Gasteiger partial charge on any atom is 0.376 e. The summed E-state index contributed by atoms with van der Waals surface area (Å²) < 4.78 is 5.02. The van der Waals surface area contributed by atoms with Crippen molar-refractivity contribution in [3.63, 3.8) is 0 Å². The smallest absolute Gasteiger partial charge is 0.376 e. The average Bonchev–Trinajstić information content (AvgIpc) is 2.15. The van der Waals surface area contributed by atoms with Crippen molar-refractivity contribution in [3.8, 4) is 0 Å². The van der Waals surface area contributed by atoms with E-state index in [1.807, 2.05) is 0 Å². The van der Waals surface area contributed by atoms with Gasteiger partial charge in [0, 0.05) is 0 Å². The van der Waals surface area contributed by atoms with E-state index in [1.165, 1.54) is 0 Å². The van der Waals surface area contributed by atoms with Crippen LogP contribution in [0.15, 0.2) is 0 Å². The minimum Gasteiger partial charge on any atom is -0.454 e. The molecule has 0 aromatic carbocycles. The fraction of sp³-hybridized carbons (Fsp3) is 0.818. The molecule has 1 fully saturated rings. The summed E-state index contributed by atoms with van der Waals surface area (Å²) in [5.41, 5.74) is -0.596. The second-order valence-electron chi connectivity index (χ2n) is 4.87. The van der Waals surface area contributed by atoms with E-state index < -0.39 is 17.4 Å². The van der Waals surface area contributed by atoms with E-state index in [0.717, 1.165) is 25.8 Å². The Labute approximate surface area is 90.4 Å². The summed E-state index contributed by atoms with van der Waals surface area (Å²) in [6.45, 7) is 6.07. The van der Waals surface area contributed by atoms with Gasteiger partial charge in [-0.2, -0.15) is 0 Å². The lowest BCUT2D eigenvalue weighted by Gasteiger charge is -2.24. The topological polar surface area (TPSA) is 55.4 Å². The Morgan fingerprint density at radius 2 is 1.93 bits per heavy atom. The van der Waals surface area contributed by atoms with Crippen molar-refractivity contribution in [1.29, 1.82) is 0 Å². The quantitative estimate of drug-likeness (QED) is 0.550. The van der Waals surface area contributed by atoms with Gasteiger partial charge < -0.3 is 10.1 Å². The third-order valence-corrected chi connectivity index (χ3v) is 2.23. The van der Waals surface area contributed by atoms with Crippen LogP contribution >= 0.6 is 0 Å². The van der Waals surface area contributed by atoms with Gasteiger partial charge in [0.2, 0.25) is 0 Å². The predicted octanol–water partition coefficient (Wildman–Crippen LogP) is 1.04.